The van der Waals surface area contributed by atoms with Crippen molar-refractivity contribution in [3.63, 3.8) is 0 Å². The van der Waals surface area contributed by atoms with E-state index in [1.807, 2.05) is 6.92 Å². The number of rotatable bonds is 10. The third-order valence-corrected chi connectivity index (χ3v) is 6.16. The fourth-order valence-electron chi connectivity index (χ4n) is 2.79. The molecule has 0 saturated carbocycles. The number of benzene rings is 1. The molecule has 2 rings (SSSR count). The predicted octanol–water partition coefficient (Wildman–Crippen LogP) is 2.25. The third kappa shape index (κ3) is 5.88. The molecule has 0 spiro atoms. The van der Waals surface area contributed by atoms with Crippen LogP contribution >= 0.6 is 0 Å². The summed E-state index contributed by atoms with van der Waals surface area (Å²) in [6.07, 6.45) is 2.16. The van der Waals surface area contributed by atoms with E-state index in [1.54, 1.807) is 26.8 Å². The molecule has 0 aliphatic rings. The molecule has 1 aromatic carbocycles. The van der Waals surface area contributed by atoms with Crippen molar-refractivity contribution in [2.75, 3.05) is 13.2 Å². The first-order valence-corrected chi connectivity index (χ1v) is 11.2. The molecule has 160 valence electrons. The van der Waals surface area contributed by atoms with Crippen LogP contribution in [-0.4, -0.2) is 37.6 Å². The van der Waals surface area contributed by atoms with E-state index in [0.717, 1.165) is 12.8 Å². The second-order valence-corrected chi connectivity index (χ2v) is 8.80. The summed E-state index contributed by atoms with van der Waals surface area (Å²) in [4.78, 5) is 19.4. The van der Waals surface area contributed by atoms with Crippen LogP contribution in [0.4, 0.5) is 0 Å². The third-order valence-electron chi connectivity index (χ3n) is 4.57. The largest absolute Gasteiger partial charge is 0.493 e. The zero-order valence-electron chi connectivity index (χ0n) is 17.4. The van der Waals surface area contributed by atoms with Crippen LogP contribution in [0.5, 0.6) is 5.75 Å². The first-order chi connectivity index (χ1) is 13.7. The van der Waals surface area contributed by atoms with Gasteiger partial charge in [0.1, 0.15) is 11.6 Å². The monoisotopic (exact) mass is 422 g/mol. The molecule has 2 aromatic rings. The summed E-state index contributed by atoms with van der Waals surface area (Å²) >= 11 is 0. The van der Waals surface area contributed by atoms with Crippen molar-refractivity contribution >= 4 is 10.0 Å². The number of hydrogen-bond acceptors (Lipinski definition) is 6. The molecule has 0 saturated heterocycles. The van der Waals surface area contributed by atoms with Crippen LogP contribution in [-0.2, 0) is 10.0 Å². The summed E-state index contributed by atoms with van der Waals surface area (Å²) in [5.41, 5.74) is 6.75. The molecule has 0 aliphatic carbocycles. The summed E-state index contributed by atoms with van der Waals surface area (Å²) in [7, 11) is -3.75. The molecule has 1 unspecified atom stereocenters. The van der Waals surface area contributed by atoms with Gasteiger partial charge in [0, 0.05) is 17.3 Å². The van der Waals surface area contributed by atoms with Crippen molar-refractivity contribution in [1.82, 2.24) is 14.7 Å². The highest BCUT2D eigenvalue weighted by atomic mass is 32.2. The Balaban J connectivity index is 2.50. The zero-order chi connectivity index (χ0) is 21.6. The van der Waals surface area contributed by atoms with Gasteiger partial charge in [0.05, 0.1) is 17.1 Å². The fourth-order valence-corrected chi connectivity index (χ4v) is 4.09. The average molecular weight is 423 g/mol. The van der Waals surface area contributed by atoms with E-state index >= 15 is 0 Å². The number of aromatic nitrogens is 2. The Bertz CT molecular complexity index is 1000. The van der Waals surface area contributed by atoms with Gasteiger partial charge in [-0.1, -0.05) is 6.92 Å². The summed E-state index contributed by atoms with van der Waals surface area (Å²) in [5.74, 6) is 0.741. The van der Waals surface area contributed by atoms with E-state index in [2.05, 4.69) is 14.7 Å². The molecular weight excluding hydrogens is 392 g/mol. The number of sulfonamides is 1. The van der Waals surface area contributed by atoms with Gasteiger partial charge in [-0.15, -0.1) is 0 Å². The maximum Gasteiger partial charge on any atom is 0.254 e. The number of nitrogens with two attached hydrogens (primary N) is 1. The van der Waals surface area contributed by atoms with Gasteiger partial charge in [-0.2, -0.15) is 0 Å². The number of H-pyrrole nitrogens is 1. The minimum atomic E-state index is -3.75. The van der Waals surface area contributed by atoms with Crippen LogP contribution in [0, 0.1) is 13.8 Å². The smallest absolute Gasteiger partial charge is 0.254 e. The molecule has 29 heavy (non-hydrogen) atoms. The number of aromatic amines is 1. The second kappa shape index (κ2) is 10.00. The lowest BCUT2D eigenvalue weighted by atomic mass is 10.1. The summed E-state index contributed by atoms with van der Waals surface area (Å²) in [5, 5.41) is 0. The van der Waals surface area contributed by atoms with E-state index in [9.17, 15) is 13.2 Å². The lowest BCUT2D eigenvalue weighted by Crippen LogP contribution is -2.33. The minimum absolute atomic E-state index is 0.0804. The van der Waals surface area contributed by atoms with E-state index in [0.29, 0.717) is 42.1 Å². The van der Waals surface area contributed by atoms with Gasteiger partial charge in [0.15, 0.2) is 0 Å². The molecule has 8 nitrogen and oxygen atoms in total. The first kappa shape index (κ1) is 23.1. The van der Waals surface area contributed by atoms with Crippen molar-refractivity contribution < 1.29 is 13.2 Å². The van der Waals surface area contributed by atoms with Gasteiger partial charge in [-0.3, -0.25) is 4.79 Å². The number of nitrogens with one attached hydrogen (secondary N) is 2. The molecule has 9 heteroatoms. The molecule has 0 bridgehead atoms. The standard InChI is InChI=1S/C20H30N4O4S/c1-5-11-28-18-9-8-16(29(26,27)24-13(2)7-6-10-21)12-17(18)19-22-15(4)14(3)20(25)23-19/h8-9,12-13,24H,5-7,10-11,21H2,1-4H3,(H,22,23,25). The number of nitrogens with zero attached hydrogens (tertiary/aromatic N) is 1. The molecule has 0 amide bonds. The molecular formula is C20H30N4O4S. The summed E-state index contributed by atoms with van der Waals surface area (Å²) in [6.45, 7) is 8.17. The first-order valence-electron chi connectivity index (χ1n) is 9.76. The average Bonchev–Trinajstić information content (AvgIpc) is 2.68. The van der Waals surface area contributed by atoms with Crippen molar-refractivity contribution in [2.24, 2.45) is 5.73 Å². The van der Waals surface area contributed by atoms with Crippen LogP contribution in [0.25, 0.3) is 11.4 Å². The van der Waals surface area contributed by atoms with Gasteiger partial charge in [-0.25, -0.2) is 18.1 Å². The highest BCUT2D eigenvalue weighted by Crippen LogP contribution is 2.30. The van der Waals surface area contributed by atoms with Crippen LogP contribution < -0.4 is 20.8 Å². The maximum atomic E-state index is 12.8. The van der Waals surface area contributed by atoms with Crippen LogP contribution in [0.3, 0.4) is 0 Å². The number of hydrogen-bond donors (Lipinski definition) is 3. The van der Waals surface area contributed by atoms with E-state index in [-0.39, 0.29) is 22.3 Å². The van der Waals surface area contributed by atoms with Gasteiger partial charge in [0.2, 0.25) is 10.0 Å². The fraction of sp³-hybridized carbons (Fsp3) is 0.500. The van der Waals surface area contributed by atoms with Crippen LogP contribution in [0.2, 0.25) is 0 Å². The topological polar surface area (TPSA) is 127 Å². The second-order valence-electron chi connectivity index (χ2n) is 7.08. The lowest BCUT2D eigenvalue weighted by molar-refractivity contribution is 0.318. The zero-order valence-corrected chi connectivity index (χ0v) is 18.2. The Morgan fingerprint density at radius 1 is 1.31 bits per heavy atom. The lowest BCUT2D eigenvalue weighted by Gasteiger charge is -2.16. The molecule has 1 heterocycles. The molecule has 4 N–H and O–H groups in total. The molecule has 0 fully saturated rings. The Labute approximate surface area is 172 Å². The van der Waals surface area contributed by atoms with Crippen LogP contribution in [0.1, 0.15) is 44.4 Å². The molecule has 0 aliphatic heterocycles. The van der Waals surface area contributed by atoms with Gasteiger partial charge >= 0.3 is 0 Å². The number of aryl methyl sites for hydroxylation is 1. The van der Waals surface area contributed by atoms with Crippen molar-refractivity contribution in [1.29, 1.82) is 0 Å². The highest BCUT2D eigenvalue weighted by Gasteiger charge is 2.21. The van der Waals surface area contributed by atoms with Gasteiger partial charge in [0.25, 0.3) is 5.56 Å². The Morgan fingerprint density at radius 3 is 2.66 bits per heavy atom. The van der Waals surface area contributed by atoms with Crippen LogP contribution in [0.15, 0.2) is 27.9 Å². The van der Waals surface area contributed by atoms with Gasteiger partial charge in [-0.05, 0) is 64.8 Å². The van der Waals surface area contributed by atoms with E-state index in [1.165, 1.54) is 12.1 Å². The predicted molar refractivity (Wildman–Crippen MR) is 114 cm³/mol. The number of ether oxygens (including phenoxy) is 1. The molecule has 1 atom stereocenters. The molecule has 1 aromatic heterocycles. The Kier molecular flexibility index (Phi) is 7.95. The SMILES string of the molecule is CCCOc1ccc(S(=O)(=O)NC(C)CCCN)cc1-c1nc(C)c(C)c(=O)[nH]1. The van der Waals surface area contributed by atoms with Crippen molar-refractivity contribution in [2.45, 2.75) is 57.9 Å². The minimum Gasteiger partial charge on any atom is -0.493 e. The van der Waals surface area contributed by atoms with Gasteiger partial charge < -0.3 is 15.5 Å². The maximum absolute atomic E-state index is 12.8. The highest BCUT2D eigenvalue weighted by molar-refractivity contribution is 7.89. The van der Waals surface area contributed by atoms with E-state index < -0.39 is 10.0 Å². The quantitative estimate of drug-likeness (QED) is 0.539. The van der Waals surface area contributed by atoms with Crippen molar-refractivity contribution in [3.8, 4) is 17.1 Å². The Morgan fingerprint density at radius 2 is 2.03 bits per heavy atom. The summed E-state index contributed by atoms with van der Waals surface area (Å²) in [6, 6.07) is 4.32. The van der Waals surface area contributed by atoms with E-state index in [4.69, 9.17) is 10.5 Å². The van der Waals surface area contributed by atoms with Crippen molar-refractivity contribution in [3.05, 3.63) is 39.8 Å². The Hall–Kier alpha value is -2.23. The summed E-state index contributed by atoms with van der Waals surface area (Å²) < 4.78 is 34.1. The molecule has 0 radical (unpaired) electrons. The normalized spacial score (nSPS) is 12.7.